The standard InChI is InChI=1S/C13H19F2NO3/c1-2-18-5-6-19-9-11(17)8-16-13-4-3-10(14)7-12(13)15/h3-4,7,11,16-17H,2,5-6,8-9H2,1H3. The first-order valence-electron chi connectivity index (χ1n) is 6.16. The largest absolute Gasteiger partial charge is 0.389 e. The van der Waals surface area contributed by atoms with E-state index in [9.17, 15) is 13.9 Å². The highest BCUT2D eigenvalue weighted by Gasteiger charge is 2.07. The topological polar surface area (TPSA) is 50.7 Å². The molecule has 1 aromatic rings. The maximum atomic E-state index is 13.3. The molecule has 6 heteroatoms. The molecule has 108 valence electrons. The fourth-order valence-electron chi connectivity index (χ4n) is 1.40. The molecular weight excluding hydrogens is 256 g/mol. The first-order chi connectivity index (χ1) is 9.13. The van der Waals surface area contributed by atoms with Gasteiger partial charge in [0, 0.05) is 19.2 Å². The molecule has 0 aliphatic carbocycles. The van der Waals surface area contributed by atoms with Crippen LogP contribution in [0.1, 0.15) is 6.92 Å². The lowest BCUT2D eigenvalue weighted by Gasteiger charge is -2.13. The van der Waals surface area contributed by atoms with E-state index in [1.165, 1.54) is 6.07 Å². The second-order valence-corrected chi connectivity index (χ2v) is 3.93. The van der Waals surface area contributed by atoms with Gasteiger partial charge in [0.2, 0.25) is 0 Å². The number of hydrogen-bond donors (Lipinski definition) is 2. The molecule has 0 aliphatic rings. The smallest absolute Gasteiger partial charge is 0.149 e. The molecule has 0 saturated carbocycles. The Bertz CT molecular complexity index is 377. The molecule has 1 rings (SSSR count). The fourth-order valence-corrected chi connectivity index (χ4v) is 1.40. The fraction of sp³-hybridized carbons (Fsp3) is 0.538. The Morgan fingerprint density at radius 2 is 2.00 bits per heavy atom. The summed E-state index contributed by atoms with van der Waals surface area (Å²) in [6.45, 7) is 3.63. The summed E-state index contributed by atoms with van der Waals surface area (Å²) in [5.74, 6) is -1.33. The molecule has 19 heavy (non-hydrogen) atoms. The third-order valence-corrected chi connectivity index (χ3v) is 2.35. The van der Waals surface area contributed by atoms with E-state index in [4.69, 9.17) is 9.47 Å². The molecule has 0 spiro atoms. The second-order valence-electron chi connectivity index (χ2n) is 3.93. The number of nitrogens with one attached hydrogen (secondary N) is 1. The van der Waals surface area contributed by atoms with Crippen molar-refractivity contribution in [3.63, 3.8) is 0 Å². The van der Waals surface area contributed by atoms with Crippen LogP contribution in [0, 0.1) is 11.6 Å². The molecule has 0 radical (unpaired) electrons. The van der Waals surface area contributed by atoms with Crippen LogP contribution >= 0.6 is 0 Å². The van der Waals surface area contributed by atoms with Crippen molar-refractivity contribution in [1.29, 1.82) is 0 Å². The third-order valence-electron chi connectivity index (χ3n) is 2.35. The summed E-state index contributed by atoms with van der Waals surface area (Å²) >= 11 is 0. The number of halogens is 2. The van der Waals surface area contributed by atoms with Crippen molar-refractivity contribution in [2.24, 2.45) is 0 Å². The van der Waals surface area contributed by atoms with E-state index in [2.05, 4.69) is 5.32 Å². The number of anilines is 1. The van der Waals surface area contributed by atoms with Crippen molar-refractivity contribution < 1.29 is 23.4 Å². The van der Waals surface area contributed by atoms with Crippen molar-refractivity contribution in [2.75, 3.05) is 38.3 Å². The SMILES string of the molecule is CCOCCOCC(O)CNc1ccc(F)cc1F. The van der Waals surface area contributed by atoms with Crippen LogP contribution in [0.15, 0.2) is 18.2 Å². The number of rotatable bonds is 9. The van der Waals surface area contributed by atoms with Gasteiger partial charge in [0.25, 0.3) is 0 Å². The summed E-state index contributed by atoms with van der Waals surface area (Å²) in [7, 11) is 0. The maximum absolute atomic E-state index is 13.3. The average Bonchev–Trinajstić information content (AvgIpc) is 2.37. The van der Waals surface area contributed by atoms with Crippen LogP contribution in [0.2, 0.25) is 0 Å². The van der Waals surface area contributed by atoms with E-state index in [-0.39, 0.29) is 18.8 Å². The van der Waals surface area contributed by atoms with E-state index in [0.29, 0.717) is 19.8 Å². The van der Waals surface area contributed by atoms with Gasteiger partial charge >= 0.3 is 0 Å². The molecule has 0 amide bonds. The molecule has 1 unspecified atom stereocenters. The van der Waals surface area contributed by atoms with Crippen LogP contribution in [0.4, 0.5) is 14.5 Å². The van der Waals surface area contributed by atoms with Gasteiger partial charge in [0.1, 0.15) is 11.6 Å². The molecule has 0 aromatic heterocycles. The minimum atomic E-state index is -0.772. The summed E-state index contributed by atoms with van der Waals surface area (Å²) in [6.07, 6.45) is -0.772. The van der Waals surface area contributed by atoms with Gasteiger partial charge in [0.15, 0.2) is 0 Å². The van der Waals surface area contributed by atoms with Crippen LogP contribution in [0.3, 0.4) is 0 Å². The lowest BCUT2D eigenvalue weighted by Crippen LogP contribution is -2.26. The van der Waals surface area contributed by atoms with E-state index in [1.807, 2.05) is 6.92 Å². The molecule has 0 aliphatic heterocycles. The van der Waals surface area contributed by atoms with Crippen LogP contribution in [0.25, 0.3) is 0 Å². The van der Waals surface area contributed by atoms with Gasteiger partial charge < -0.3 is 19.9 Å². The number of benzene rings is 1. The van der Waals surface area contributed by atoms with Crippen molar-refractivity contribution >= 4 is 5.69 Å². The number of hydrogen-bond acceptors (Lipinski definition) is 4. The second kappa shape index (κ2) is 8.79. The number of aliphatic hydroxyl groups excluding tert-OH is 1. The first kappa shape index (κ1) is 15.8. The predicted octanol–water partition coefficient (Wildman–Crippen LogP) is 1.79. The lowest BCUT2D eigenvalue weighted by atomic mass is 10.3. The molecule has 1 aromatic carbocycles. The lowest BCUT2D eigenvalue weighted by molar-refractivity contribution is 0.0103. The summed E-state index contributed by atoms with van der Waals surface area (Å²) in [5, 5.41) is 12.3. The van der Waals surface area contributed by atoms with Gasteiger partial charge in [0.05, 0.1) is 31.6 Å². The maximum Gasteiger partial charge on any atom is 0.149 e. The normalized spacial score (nSPS) is 12.4. The van der Waals surface area contributed by atoms with Crippen LogP contribution < -0.4 is 5.32 Å². The number of aliphatic hydroxyl groups is 1. The highest BCUT2D eigenvalue weighted by Crippen LogP contribution is 2.14. The summed E-state index contributed by atoms with van der Waals surface area (Å²) in [6, 6.07) is 3.22. The van der Waals surface area contributed by atoms with Gasteiger partial charge in [-0.25, -0.2) is 8.78 Å². The van der Waals surface area contributed by atoms with E-state index < -0.39 is 17.7 Å². The van der Waals surface area contributed by atoms with Crippen molar-refractivity contribution in [3.05, 3.63) is 29.8 Å². The molecule has 0 fully saturated rings. The summed E-state index contributed by atoms with van der Waals surface area (Å²) < 4.78 is 36.2. The van der Waals surface area contributed by atoms with Crippen molar-refractivity contribution in [1.82, 2.24) is 0 Å². The van der Waals surface area contributed by atoms with Crippen LogP contribution in [0.5, 0.6) is 0 Å². The van der Waals surface area contributed by atoms with Gasteiger partial charge in [-0.1, -0.05) is 0 Å². The van der Waals surface area contributed by atoms with Gasteiger partial charge in [-0.05, 0) is 19.1 Å². The van der Waals surface area contributed by atoms with Crippen molar-refractivity contribution in [3.8, 4) is 0 Å². The molecule has 0 saturated heterocycles. The van der Waals surface area contributed by atoms with E-state index in [1.54, 1.807) is 0 Å². The summed E-state index contributed by atoms with van der Waals surface area (Å²) in [5.41, 5.74) is 0.148. The molecule has 0 bridgehead atoms. The Morgan fingerprint density at radius 3 is 2.68 bits per heavy atom. The monoisotopic (exact) mass is 275 g/mol. The Hall–Kier alpha value is -1.24. The van der Waals surface area contributed by atoms with E-state index in [0.717, 1.165) is 12.1 Å². The highest BCUT2D eigenvalue weighted by molar-refractivity contribution is 5.44. The van der Waals surface area contributed by atoms with Crippen LogP contribution in [-0.2, 0) is 9.47 Å². The minimum Gasteiger partial charge on any atom is -0.389 e. The zero-order chi connectivity index (χ0) is 14.1. The third kappa shape index (κ3) is 6.47. The Labute approximate surface area is 111 Å². The molecule has 0 heterocycles. The average molecular weight is 275 g/mol. The quantitative estimate of drug-likeness (QED) is 0.675. The van der Waals surface area contributed by atoms with Gasteiger partial charge in [-0.2, -0.15) is 0 Å². The van der Waals surface area contributed by atoms with Gasteiger partial charge in [-0.15, -0.1) is 0 Å². The number of ether oxygens (including phenoxy) is 2. The Kier molecular flexibility index (Phi) is 7.32. The zero-order valence-corrected chi connectivity index (χ0v) is 10.9. The zero-order valence-electron chi connectivity index (χ0n) is 10.9. The van der Waals surface area contributed by atoms with Gasteiger partial charge in [-0.3, -0.25) is 0 Å². The van der Waals surface area contributed by atoms with E-state index >= 15 is 0 Å². The van der Waals surface area contributed by atoms with Crippen molar-refractivity contribution in [2.45, 2.75) is 13.0 Å². The summed E-state index contributed by atoms with van der Waals surface area (Å²) in [4.78, 5) is 0. The highest BCUT2D eigenvalue weighted by atomic mass is 19.1. The molecule has 2 N–H and O–H groups in total. The molecule has 4 nitrogen and oxygen atoms in total. The Balaban J connectivity index is 2.20. The predicted molar refractivity (Wildman–Crippen MR) is 68.2 cm³/mol. The van der Waals surface area contributed by atoms with Crippen LogP contribution in [-0.4, -0.2) is 44.2 Å². The Morgan fingerprint density at radius 1 is 1.26 bits per heavy atom. The molecular formula is C13H19F2NO3. The first-order valence-corrected chi connectivity index (χ1v) is 6.16. The minimum absolute atomic E-state index is 0.122. The molecule has 1 atom stereocenters.